The second-order valence-corrected chi connectivity index (χ2v) is 7.52. The van der Waals surface area contributed by atoms with Crippen molar-refractivity contribution in [1.29, 1.82) is 0 Å². The molecule has 3 unspecified atom stereocenters. The highest BCUT2D eigenvalue weighted by Crippen LogP contribution is 2.39. The Bertz CT molecular complexity index is 941. The molecule has 9 heteroatoms. The van der Waals surface area contributed by atoms with E-state index >= 15 is 0 Å². The molecule has 4 rings (SSSR count). The number of nitrogens with zero attached hydrogens (tertiary/aromatic N) is 4. The fourth-order valence-corrected chi connectivity index (χ4v) is 3.80. The fraction of sp³-hybridized carbons (Fsp3) is 0.450. The average molecular weight is 403 g/mol. The number of rotatable bonds is 5. The summed E-state index contributed by atoms with van der Waals surface area (Å²) in [5, 5.41) is 7.34. The zero-order chi connectivity index (χ0) is 20.7. The molecule has 1 amide bonds. The summed E-state index contributed by atoms with van der Waals surface area (Å²) >= 11 is 0. The van der Waals surface area contributed by atoms with E-state index in [0.717, 1.165) is 17.0 Å². The SMILES string of the molecule is CC(OC1c2cn(C)nc2C=C(c2ccc(C(F)F)nc2)N1C)C1CNC(=O)C1. The Morgan fingerprint density at radius 3 is 2.72 bits per heavy atom. The number of aromatic nitrogens is 3. The van der Waals surface area contributed by atoms with Gasteiger partial charge in [0.1, 0.15) is 5.69 Å². The van der Waals surface area contributed by atoms with E-state index < -0.39 is 12.7 Å². The number of pyridine rings is 1. The molecule has 1 fully saturated rings. The molecule has 0 aromatic carbocycles. The minimum Gasteiger partial charge on any atom is -0.356 e. The molecule has 7 nitrogen and oxygen atoms in total. The molecule has 29 heavy (non-hydrogen) atoms. The lowest BCUT2D eigenvalue weighted by Crippen LogP contribution is -2.34. The van der Waals surface area contributed by atoms with Crippen LogP contribution in [-0.2, 0) is 16.6 Å². The number of alkyl halides is 2. The van der Waals surface area contributed by atoms with E-state index in [1.54, 1.807) is 10.7 Å². The summed E-state index contributed by atoms with van der Waals surface area (Å²) in [5.74, 6) is 0.132. The summed E-state index contributed by atoms with van der Waals surface area (Å²) in [7, 11) is 3.73. The minimum atomic E-state index is -2.61. The van der Waals surface area contributed by atoms with Crippen LogP contribution in [0.25, 0.3) is 11.8 Å². The summed E-state index contributed by atoms with van der Waals surface area (Å²) in [6.45, 7) is 2.56. The first-order valence-electron chi connectivity index (χ1n) is 9.48. The molecule has 0 bridgehead atoms. The van der Waals surface area contributed by atoms with E-state index in [1.165, 1.54) is 12.3 Å². The van der Waals surface area contributed by atoms with Crippen LogP contribution in [0.15, 0.2) is 24.5 Å². The largest absolute Gasteiger partial charge is 0.356 e. The normalized spacial score (nSPS) is 22.5. The lowest BCUT2D eigenvalue weighted by molar-refractivity contribution is -0.120. The van der Waals surface area contributed by atoms with Crippen molar-refractivity contribution in [3.63, 3.8) is 0 Å². The number of nitrogens with one attached hydrogen (secondary N) is 1. The number of fused-ring (bicyclic) bond motifs is 1. The van der Waals surface area contributed by atoms with Crippen LogP contribution >= 0.6 is 0 Å². The molecular weight excluding hydrogens is 380 g/mol. The molecule has 3 atom stereocenters. The monoisotopic (exact) mass is 403 g/mol. The summed E-state index contributed by atoms with van der Waals surface area (Å²) in [4.78, 5) is 17.4. The Labute approximate surface area is 167 Å². The van der Waals surface area contributed by atoms with E-state index in [2.05, 4.69) is 15.4 Å². The maximum Gasteiger partial charge on any atom is 0.280 e. The summed E-state index contributed by atoms with van der Waals surface area (Å²) in [6, 6.07) is 2.96. The molecule has 1 N–H and O–H groups in total. The third kappa shape index (κ3) is 3.74. The van der Waals surface area contributed by atoms with Gasteiger partial charge in [-0.1, -0.05) is 0 Å². The number of ether oxygens (including phenoxy) is 1. The van der Waals surface area contributed by atoms with Gasteiger partial charge < -0.3 is 15.0 Å². The van der Waals surface area contributed by atoms with Gasteiger partial charge in [0.05, 0.1) is 11.8 Å². The topological polar surface area (TPSA) is 72.3 Å². The van der Waals surface area contributed by atoms with Gasteiger partial charge in [0.25, 0.3) is 6.43 Å². The highest BCUT2D eigenvalue weighted by molar-refractivity contribution is 5.82. The highest BCUT2D eigenvalue weighted by Gasteiger charge is 2.35. The van der Waals surface area contributed by atoms with E-state index in [-0.39, 0.29) is 23.6 Å². The quantitative estimate of drug-likeness (QED) is 0.831. The summed E-state index contributed by atoms with van der Waals surface area (Å²) in [6.07, 6.45) is 2.51. The van der Waals surface area contributed by atoms with E-state index in [9.17, 15) is 13.6 Å². The second kappa shape index (κ2) is 7.55. The molecule has 0 aliphatic carbocycles. The van der Waals surface area contributed by atoms with Gasteiger partial charge in [-0.05, 0) is 25.1 Å². The molecule has 154 valence electrons. The van der Waals surface area contributed by atoms with Crippen molar-refractivity contribution in [2.75, 3.05) is 13.6 Å². The first-order valence-corrected chi connectivity index (χ1v) is 9.48. The Morgan fingerprint density at radius 1 is 1.31 bits per heavy atom. The van der Waals surface area contributed by atoms with Crippen LogP contribution in [0.2, 0.25) is 0 Å². The van der Waals surface area contributed by atoms with Crippen molar-refractivity contribution in [2.45, 2.75) is 32.1 Å². The van der Waals surface area contributed by atoms with Crippen LogP contribution in [0.1, 0.15) is 48.5 Å². The molecule has 2 aliphatic rings. The molecule has 1 saturated heterocycles. The predicted octanol–water partition coefficient (Wildman–Crippen LogP) is 2.74. The zero-order valence-electron chi connectivity index (χ0n) is 16.5. The molecule has 2 aliphatic heterocycles. The van der Waals surface area contributed by atoms with Crippen LogP contribution in [-0.4, -0.2) is 45.3 Å². The minimum absolute atomic E-state index is 0.0373. The van der Waals surface area contributed by atoms with Gasteiger partial charge in [-0.25, -0.2) is 8.78 Å². The second-order valence-electron chi connectivity index (χ2n) is 7.52. The number of carbonyl (C=O) groups excluding carboxylic acids is 1. The van der Waals surface area contributed by atoms with Gasteiger partial charge in [0, 0.05) is 62.2 Å². The predicted molar refractivity (Wildman–Crippen MR) is 102 cm³/mol. The number of hydrogen-bond donors (Lipinski definition) is 1. The van der Waals surface area contributed by atoms with Gasteiger partial charge in [-0.3, -0.25) is 14.5 Å². The standard InChI is InChI=1S/C20H23F2N5O2/c1-11(13-6-18(28)24-9-13)29-20-14-10-26(2)25-16(14)7-17(27(20)3)12-4-5-15(19(21)22)23-8-12/h4-5,7-8,10-11,13,19-20H,6,9H2,1-3H3,(H,24,28). The van der Waals surface area contributed by atoms with E-state index in [0.29, 0.717) is 18.5 Å². The number of halogens is 2. The Balaban J connectivity index is 1.64. The van der Waals surface area contributed by atoms with E-state index in [1.807, 2.05) is 38.2 Å². The summed E-state index contributed by atoms with van der Waals surface area (Å²) in [5.41, 5.74) is 2.90. The Kier molecular flexibility index (Phi) is 5.08. The Morgan fingerprint density at radius 2 is 2.10 bits per heavy atom. The third-order valence-electron chi connectivity index (χ3n) is 5.48. The zero-order valence-corrected chi connectivity index (χ0v) is 16.5. The Hall–Kier alpha value is -2.81. The fourth-order valence-electron chi connectivity index (χ4n) is 3.80. The molecule has 0 radical (unpaired) electrons. The third-order valence-corrected chi connectivity index (χ3v) is 5.48. The van der Waals surface area contributed by atoms with Gasteiger partial charge >= 0.3 is 0 Å². The highest BCUT2D eigenvalue weighted by atomic mass is 19.3. The molecule has 0 saturated carbocycles. The van der Waals surface area contributed by atoms with Gasteiger partial charge in [-0.15, -0.1) is 0 Å². The first-order chi connectivity index (χ1) is 13.8. The number of amides is 1. The maximum absolute atomic E-state index is 12.8. The van der Waals surface area contributed by atoms with Crippen molar-refractivity contribution in [2.24, 2.45) is 13.0 Å². The lowest BCUT2D eigenvalue weighted by atomic mass is 10.0. The van der Waals surface area contributed by atoms with Gasteiger partial charge in [0.15, 0.2) is 6.23 Å². The van der Waals surface area contributed by atoms with Crippen molar-refractivity contribution in [1.82, 2.24) is 25.0 Å². The van der Waals surface area contributed by atoms with Crippen molar-refractivity contribution < 1.29 is 18.3 Å². The van der Waals surface area contributed by atoms with Gasteiger partial charge in [-0.2, -0.15) is 5.10 Å². The van der Waals surface area contributed by atoms with Crippen LogP contribution in [0.3, 0.4) is 0 Å². The number of aryl methyl sites for hydroxylation is 1. The van der Waals surface area contributed by atoms with Crippen LogP contribution in [0.4, 0.5) is 8.78 Å². The van der Waals surface area contributed by atoms with Crippen LogP contribution in [0.5, 0.6) is 0 Å². The van der Waals surface area contributed by atoms with Crippen molar-refractivity contribution in [3.05, 3.63) is 47.0 Å². The first kappa shape index (κ1) is 19.5. The number of hydrogen-bond acceptors (Lipinski definition) is 5. The average Bonchev–Trinajstić information content (AvgIpc) is 3.29. The van der Waals surface area contributed by atoms with Crippen LogP contribution < -0.4 is 5.32 Å². The maximum atomic E-state index is 12.8. The lowest BCUT2D eigenvalue weighted by Gasteiger charge is -2.37. The summed E-state index contributed by atoms with van der Waals surface area (Å²) < 4.78 is 33.8. The smallest absolute Gasteiger partial charge is 0.280 e. The van der Waals surface area contributed by atoms with Crippen molar-refractivity contribution in [3.8, 4) is 0 Å². The molecular formula is C20H23F2N5O2. The van der Waals surface area contributed by atoms with Crippen LogP contribution in [0, 0.1) is 5.92 Å². The molecule has 4 heterocycles. The van der Waals surface area contributed by atoms with Gasteiger partial charge in [0.2, 0.25) is 5.91 Å². The van der Waals surface area contributed by atoms with E-state index in [4.69, 9.17) is 4.74 Å². The molecule has 0 spiro atoms. The van der Waals surface area contributed by atoms with Crippen molar-refractivity contribution >= 4 is 17.7 Å². The molecule has 2 aromatic heterocycles. The number of carbonyl (C=O) groups is 1. The molecule has 2 aromatic rings.